The molecule has 0 N–H and O–H groups in total. The first-order valence-corrected chi connectivity index (χ1v) is 12.0. The van der Waals surface area contributed by atoms with Gasteiger partial charge in [-0.1, -0.05) is 71.7 Å². The van der Waals surface area contributed by atoms with Crippen LogP contribution in [0.15, 0.2) is 84.4 Å². The maximum absolute atomic E-state index is 13.1. The lowest BCUT2D eigenvalue weighted by Gasteiger charge is -2.07. The topological polar surface area (TPSA) is 52.0 Å². The number of thiazole rings is 1. The van der Waals surface area contributed by atoms with Gasteiger partial charge >= 0.3 is 0 Å². The lowest BCUT2D eigenvalue weighted by Crippen LogP contribution is -2.03. The van der Waals surface area contributed by atoms with Crippen LogP contribution in [0.2, 0.25) is 10.0 Å². The largest absolute Gasteiger partial charge is 0.294 e. The van der Waals surface area contributed by atoms with Crippen LogP contribution in [-0.4, -0.2) is 21.1 Å². The maximum atomic E-state index is 13.1. The molecule has 0 aliphatic heterocycles. The predicted molar refractivity (Wildman–Crippen MR) is 137 cm³/mol. The van der Waals surface area contributed by atoms with Crippen molar-refractivity contribution in [2.75, 3.05) is 0 Å². The first-order valence-electron chi connectivity index (χ1n) is 10.4. The molecule has 4 nitrogen and oxygen atoms in total. The first kappa shape index (κ1) is 21.1. The van der Waals surface area contributed by atoms with E-state index in [4.69, 9.17) is 28.2 Å². The van der Waals surface area contributed by atoms with Gasteiger partial charge in [-0.25, -0.2) is 4.98 Å². The number of carbonyl (C=O) groups is 2. The summed E-state index contributed by atoms with van der Waals surface area (Å²) in [5, 5.41) is 1.39. The predicted octanol–water partition coefficient (Wildman–Crippen LogP) is 7.52. The van der Waals surface area contributed by atoms with E-state index in [2.05, 4.69) is 0 Å². The number of carbonyl (C=O) groups excluding carboxylic acids is 2. The maximum Gasteiger partial charge on any atom is 0.197 e. The molecule has 0 fully saturated rings. The molecule has 5 aromatic rings. The van der Waals surface area contributed by atoms with Crippen molar-refractivity contribution in [3.05, 3.63) is 111 Å². The van der Waals surface area contributed by atoms with Gasteiger partial charge in [0.1, 0.15) is 5.01 Å². The molecule has 6 rings (SSSR count). The molecule has 7 heteroatoms. The van der Waals surface area contributed by atoms with Crippen molar-refractivity contribution < 1.29 is 9.59 Å². The Kier molecular flexibility index (Phi) is 4.99. The summed E-state index contributed by atoms with van der Waals surface area (Å²) in [6.07, 6.45) is 1.63. The quantitative estimate of drug-likeness (QED) is 0.190. The van der Waals surface area contributed by atoms with Crippen LogP contribution in [0.1, 0.15) is 26.4 Å². The number of benzene rings is 3. The molecule has 164 valence electrons. The summed E-state index contributed by atoms with van der Waals surface area (Å²) >= 11 is 13.8. The highest BCUT2D eigenvalue weighted by Crippen LogP contribution is 2.37. The standard InChI is InChI=1S/C27H14Cl2N2O2S/c28-21-13-18-19(14-22(21)29)25(33)20(24(18)32)11-17-12-23-26(31(17)16-9-5-2-6-10-16)30-27(34-23)15-7-3-1-4-8-15/h1-14H. The number of Topliss-reactive ketones (excluding diaryl/α,β-unsaturated/α-hetero) is 2. The third-order valence-electron chi connectivity index (χ3n) is 5.75. The van der Waals surface area contributed by atoms with Gasteiger partial charge in [0.25, 0.3) is 0 Å². The molecule has 0 spiro atoms. The molecular weight excluding hydrogens is 487 g/mol. The lowest BCUT2D eigenvalue weighted by molar-refractivity contribution is 0.0990. The molecule has 0 saturated heterocycles. The van der Waals surface area contributed by atoms with Crippen LogP contribution < -0.4 is 0 Å². The smallest absolute Gasteiger partial charge is 0.197 e. The van der Waals surface area contributed by atoms with Crippen LogP contribution in [0.3, 0.4) is 0 Å². The minimum atomic E-state index is -0.360. The number of rotatable bonds is 3. The van der Waals surface area contributed by atoms with E-state index in [9.17, 15) is 9.59 Å². The fourth-order valence-corrected chi connectivity index (χ4v) is 5.48. The zero-order valence-electron chi connectivity index (χ0n) is 17.5. The molecule has 1 aliphatic carbocycles. The normalized spacial score (nSPS) is 13.1. The van der Waals surface area contributed by atoms with Crippen molar-refractivity contribution in [3.63, 3.8) is 0 Å². The van der Waals surface area contributed by atoms with Crippen molar-refractivity contribution >= 4 is 62.5 Å². The van der Waals surface area contributed by atoms with Crippen LogP contribution >= 0.6 is 34.5 Å². The Morgan fingerprint density at radius 1 is 0.794 bits per heavy atom. The highest BCUT2D eigenvalue weighted by molar-refractivity contribution is 7.21. The minimum absolute atomic E-state index is 0.0824. The van der Waals surface area contributed by atoms with E-state index in [1.807, 2.05) is 71.3 Å². The lowest BCUT2D eigenvalue weighted by atomic mass is 10.1. The van der Waals surface area contributed by atoms with Crippen LogP contribution in [0.4, 0.5) is 0 Å². The molecule has 2 aromatic heterocycles. The molecular formula is C27H14Cl2N2O2S. The van der Waals surface area contributed by atoms with Crippen molar-refractivity contribution in [1.29, 1.82) is 0 Å². The third kappa shape index (κ3) is 3.32. The molecule has 3 aromatic carbocycles. The number of allylic oxidation sites excluding steroid dienone is 1. The van der Waals surface area contributed by atoms with E-state index >= 15 is 0 Å². The van der Waals surface area contributed by atoms with Gasteiger partial charge in [-0.2, -0.15) is 0 Å². The summed E-state index contributed by atoms with van der Waals surface area (Å²) in [7, 11) is 0. The van der Waals surface area contributed by atoms with E-state index in [-0.39, 0.29) is 38.3 Å². The summed E-state index contributed by atoms with van der Waals surface area (Å²) in [4.78, 5) is 31.1. The van der Waals surface area contributed by atoms with Crippen LogP contribution in [0.25, 0.3) is 32.7 Å². The van der Waals surface area contributed by atoms with Crippen LogP contribution in [0, 0.1) is 0 Å². The van der Waals surface area contributed by atoms with E-state index in [1.54, 1.807) is 17.4 Å². The zero-order chi connectivity index (χ0) is 23.4. The highest BCUT2D eigenvalue weighted by atomic mass is 35.5. The van der Waals surface area contributed by atoms with Gasteiger partial charge in [-0.05, 0) is 36.4 Å². The Labute approximate surface area is 208 Å². The van der Waals surface area contributed by atoms with Crippen molar-refractivity contribution in [2.45, 2.75) is 0 Å². The summed E-state index contributed by atoms with van der Waals surface area (Å²) in [5.74, 6) is -0.721. The number of aromatic nitrogens is 2. The number of hydrogen-bond acceptors (Lipinski definition) is 4. The van der Waals surface area contributed by atoms with Gasteiger partial charge in [-0.15, -0.1) is 11.3 Å². The minimum Gasteiger partial charge on any atom is -0.294 e. The molecule has 1 aliphatic rings. The van der Waals surface area contributed by atoms with E-state index in [0.29, 0.717) is 5.69 Å². The van der Waals surface area contributed by atoms with E-state index in [0.717, 1.165) is 26.6 Å². The fourth-order valence-electron chi connectivity index (χ4n) is 4.15. The monoisotopic (exact) mass is 500 g/mol. The summed E-state index contributed by atoms with van der Waals surface area (Å²) in [5.41, 5.74) is 4.01. The average molecular weight is 501 g/mol. The number of halogens is 2. The van der Waals surface area contributed by atoms with Crippen molar-refractivity contribution in [2.24, 2.45) is 0 Å². The second-order valence-electron chi connectivity index (χ2n) is 7.84. The molecule has 0 atom stereocenters. The van der Waals surface area contributed by atoms with Crippen molar-refractivity contribution in [3.8, 4) is 16.3 Å². The van der Waals surface area contributed by atoms with Gasteiger partial charge in [0, 0.05) is 22.4 Å². The number of ketones is 2. The molecule has 0 amide bonds. The van der Waals surface area contributed by atoms with Gasteiger partial charge in [0.15, 0.2) is 17.2 Å². The summed E-state index contributed by atoms with van der Waals surface area (Å²) in [6, 6.07) is 24.6. The van der Waals surface area contributed by atoms with Crippen LogP contribution in [-0.2, 0) is 0 Å². The first-order chi connectivity index (χ1) is 16.5. The Morgan fingerprint density at radius 3 is 2.00 bits per heavy atom. The van der Waals surface area contributed by atoms with Crippen LogP contribution in [0.5, 0.6) is 0 Å². The van der Waals surface area contributed by atoms with Gasteiger partial charge in [0.05, 0.1) is 26.0 Å². The number of hydrogen-bond donors (Lipinski definition) is 0. The van der Waals surface area contributed by atoms with Gasteiger partial charge < -0.3 is 0 Å². The second kappa shape index (κ2) is 8.06. The Bertz CT molecular complexity index is 1610. The molecule has 0 unspecified atom stereocenters. The van der Waals surface area contributed by atoms with E-state index < -0.39 is 0 Å². The summed E-state index contributed by atoms with van der Waals surface area (Å²) in [6.45, 7) is 0. The van der Waals surface area contributed by atoms with Gasteiger partial charge in [0.2, 0.25) is 0 Å². The molecule has 0 radical (unpaired) electrons. The second-order valence-corrected chi connectivity index (χ2v) is 9.69. The number of para-hydroxylation sites is 1. The molecule has 34 heavy (non-hydrogen) atoms. The Morgan fingerprint density at radius 2 is 1.38 bits per heavy atom. The van der Waals surface area contributed by atoms with E-state index in [1.165, 1.54) is 12.1 Å². The fraction of sp³-hybridized carbons (Fsp3) is 0. The van der Waals surface area contributed by atoms with Gasteiger partial charge in [-0.3, -0.25) is 14.2 Å². The number of nitrogens with zero attached hydrogens (tertiary/aromatic N) is 2. The Hall–Kier alpha value is -3.51. The van der Waals surface area contributed by atoms with Crippen molar-refractivity contribution in [1.82, 2.24) is 9.55 Å². The molecule has 0 saturated carbocycles. The SMILES string of the molecule is O=C1C(=Cc2cc3sc(-c4ccccc4)nc3n2-c2ccccc2)C(=O)c2cc(Cl)c(Cl)cc21. The third-order valence-corrected chi connectivity index (χ3v) is 7.51. The summed E-state index contributed by atoms with van der Waals surface area (Å²) < 4.78 is 2.92. The molecule has 0 bridgehead atoms. The zero-order valence-corrected chi connectivity index (χ0v) is 19.8. The Balaban J connectivity index is 1.54. The highest BCUT2D eigenvalue weighted by Gasteiger charge is 2.34. The number of fused-ring (bicyclic) bond motifs is 2. The average Bonchev–Trinajstić information content (AvgIpc) is 3.47. The molecule has 2 heterocycles.